The van der Waals surface area contributed by atoms with Crippen molar-refractivity contribution in [2.45, 2.75) is 13.5 Å². The quantitative estimate of drug-likeness (QED) is 0.433. The van der Waals surface area contributed by atoms with Crippen LogP contribution in [0.2, 0.25) is 0 Å². The van der Waals surface area contributed by atoms with Gasteiger partial charge in [0.25, 0.3) is 0 Å². The molecule has 0 aromatic carbocycles. The summed E-state index contributed by atoms with van der Waals surface area (Å²) in [6.07, 6.45) is 0. The number of hydrazine groups is 1. The molecule has 84 valence electrons. The van der Waals surface area contributed by atoms with Gasteiger partial charge in [0.1, 0.15) is 10.7 Å². The molecule has 0 fully saturated rings. The molecule has 0 spiro atoms. The van der Waals surface area contributed by atoms with Crippen molar-refractivity contribution in [3.8, 4) is 0 Å². The first kappa shape index (κ1) is 11.8. The molecule has 1 rings (SSSR count). The van der Waals surface area contributed by atoms with Gasteiger partial charge in [0.2, 0.25) is 5.91 Å². The summed E-state index contributed by atoms with van der Waals surface area (Å²) < 4.78 is 3.77. The highest BCUT2D eigenvalue weighted by Crippen LogP contribution is 2.17. The third-order valence-corrected chi connectivity index (χ3v) is 2.59. The molecule has 0 saturated carbocycles. The zero-order chi connectivity index (χ0) is 11.3. The van der Waals surface area contributed by atoms with Crippen molar-refractivity contribution in [2.75, 3.05) is 18.5 Å². The molecule has 0 saturated heterocycles. The number of aromatic nitrogens is 2. The first-order valence-electron chi connectivity index (χ1n) is 4.45. The number of rotatable bonds is 6. The molecular weight excluding hydrogens is 216 g/mol. The van der Waals surface area contributed by atoms with Gasteiger partial charge in [-0.15, -0.1) is 5.10 Å². The van der Waals surface area contributed by atoms with E-state index in [4.69, 9.17) is 11.6 Å². The van der Waals surface area contributed by atoms with Gasteiger partial charge in [0, 0.05) is 18.1 Å². The topological polar surface area (TPSA) is 110 Å². The van der Waals surface area contributed by atoms with Gasteiger partial charge in [-0.25, -0.2) is 5.84 Å². The zero-order valence-electron chi connectivity index (χ0n) is 8.43. The molecular formula is C7H14N6OS. The third kappa shape index (κ3) is 3.42. The van der Waals surface area contributed by atoms with E-state index < -0.39 is 0 Å². The van der Waals surface area contributed by atoms with Gasteiger partial charge >= 0.3 is 0 Å². The lowest BCUT2D eigenvalue weighted by Gasteiger charge is -2.17. The Bertz CT molecular complexity index is 327. The molecule has 5 N–H and O–H groups in total. The molecule has 0 bridgehead atoms. The number of carbonyl (C=O) groups excluding carboxylic acids is 1. The summed E-state index contributed by atoms with van der Waals surface area (Å²) in [6.45, 7) is 3.37. The number of nitrogen functional groups attached to an aromatic ring is 1. The fraction of sp³-hybridized carbons (Fsp3) is 0.571. The van der Waals surface area contributed by atoms with Gasteiger partial charge in [-0.1, -0.05) is 11.4 Å². The van der Waals surface area contributed by atoms with Gasteiger partial charge in [0.15, 0.2) is 0 Å². The third-order valence-electron chi connectivity index (χ3n) is 1.89. The SMILES string of the molecule is CCN(CC(N)=O)Cc1nnsc1NN. The number of nitrogens with two attached hydrogens (primary N) is 2. The molecule has 0 radical (unpaired) electrons. The average molecular weight is 230 g/mol. The molecule has 1 heterocycles. The van der Waals surface area contributed by atoms with Gasteiger partial charge in [-0.05, 0) is 6.54 Å². The van der Waals surface area contributed by atoms with Gasteiger partial charge in [-0.2, -0.15) is 0 Å². The Kier molecular flexibility index (Phi) is 4.40. The minimum atomic E-state index is -0.359. The fourth-order valence-corrected chi connectivity index (χ4v) is 1.62. The monoisotopic (exact) mass is 230 g/mol. The molecule has 0 aliphatic rings. The van der Waals surface area contributed by atoms with Crippen molar-refractivity contribution in [1.29, 1.82) is 0 Å². The Labute approximate surface area is 91.6 Å². The van der Waals surface area contributed by atoms with E-state index in [9.17, 15) is 4.79 Å². The van der Waals surface area contributed by atoms with Crippen LogP contribution in [0.3, 0.4) is 0 Å². The number of amides is 1. The lowest BCUT2D eigenvalue weighted by Crippen LogP contribution is -2.33. The van der Waals surface area contributed by atoms with Crippen molar-refractivity contribution >= 4 is 22.4 Å². The van der Waals surface area contributed by atoms with Crippen LogP contribution in [-0.4, -0.2) is 33.5 Å². The van der Waals surface area contributed by atoms with Crippen LogP contribution >= 0.6 is 11.5 Å². The van der Waals surface area contributed by atoms with E-state index in [0.717, 1.165) is 5.69 Å². The molecule has 1 aromatic heterocycles. The number of carbonyl (C=O) groups is 1. The first-order valence-corrected chi connectivity index (χ1v) is 5.23. The molecule has 7 nitrogen and oxygen atoms in total. The van der Waals surface area contributed by atoms with Gasteiger partial charge < -0.3 is 11.2 Å². The Hall–Kier alpha value is -1.25. The minimum Gasteiger partial charge on any atom is -0.369 e. The summed E-state index contributed by atoms with van der Waals surface area (Å²) in [4.78, 5) is 12.6. The summed E-state index contributed by atoms with van der Waals surface area (Å²) in [6, 6.07) is 0. The summed E-state index contributed by atoms with van der Waals surface area (Å²) in [5, 5.41) is 4.62. The highest BCUT2D eigenvalue weighted by molar-refractivity contribution is 7.10. The van der Waals surface area contributed by atoms with E-state index in [-0.39, 0.29) is 12.5 Å². The van der Waals surface area contributed by atoms with E-state index in [0.29, 0.717) is 18.1 Å². The van der Waals surface area contributed by atoms with Crippen molar-refractivity contribution in [3.05, 3.63) is 5.69 Å². The highest BCUT2D eigenvalue weighted by Gasteiger charge is 2.12. The van der Waals surface area contributed by atoms with Crippen molar-refractivity contribution < 1.29 is 4.79 Å². The zero-order valence-corrected chi connectivity index (χ0v) is 9.25. The number of hydrogen-bond acceptors (Lipinski definition) is 7. The molecule has 1 aromatic rings. The van der Waals surface area contributed by atoms with Crippen LogP contribution in [0.1, 0.15) is 12.6 Å². The normalized spacial score (nSPS) is 10.6. The summed E-state index contributed by atoms with van der Waals surface area (Å²) >= 11 is 1.18. The van der Waals surface area contributed by atoms with Gasteiger partial charge in [-0.3, -0.25) is 9.69 Å². The number of likely N-dealkylation sites (N-methyl/N-ethyl adjacent to an activating group) is 1. The van der Waals surface area contributed by atoms with E-state index >= 15 is 0 Å². The summed E-state index contributed by atoms with van der Waals surface area (Å²) in [7, 11) is 0. The molecule has 0 atom stereocenters. The molecule has 0 aliphatic heterocycles. The molecule has 0 aliphatic carbocycles. The highest BCUT2D eigenvalue weighted by atomic mass is 32.1. The van der Waals surface area contributed by atoms with Crippen molar-refractivity contribution in [1.82, 2.24) is 14.5 Å². The Morgan fingerprint density at radius 2 is 2.40 bits per heavy atom. The van der Waals surface area contributed by atoms with Crippen molar-refractivity contribution in [3.63, 3.8) is 0 Å². The number of nitrogens with one attached hydrogen (secondary N) is 1. The maximum Gasteiger partial charge on any atom is 0.231 e. The largest absolute Gasteiger partial charge is 0.369 e. The predicted molar refractivity (Wildman–Crippen MR) is 57.9 cm³/mol. The average Bonchev–Trinajstić information content (AvgIpc) is 2.63. The molecule has 0 unspecified atom stereocenters. The lowest BCUT2D eigenvalue weighted by molar-refractivity contribution is -0.119. The molecule has 8 heteroatoms. The maximum absolute atomic E-state index is 10.8. The van der Waals surface area contributed by atoms with Crippen LogP contribution in [-0.2, 0) is 11.3 Å². The van der Waals surface area contributed by atoms with Crippen molar-refractivity contribution in [2.24, 2.45) is 11.6 Å². The Morgan fingerprint density at radius 3 is 2.93 bits per heavy atom. The standard InChI is InChI=1S/C7H14N6OS/c1-2-13(4-6(8)14)3-5-7(10-9)15-12-11-5/h10H,2-4,9H2,1H3,(H2,8,14). The Morgan fingerprint density at radius 1 is 1.67 bits per heavy atom. The number of nitrogens with zero attached hydrogens (tertiary/aromatic N) is 3. The minimum absolute atomic E-state index is 0.206. The fourth-order valence-electron chi connectivity index (χ4n) is 1.13. The van der Waals surface area contributed by atoms with Crippen LogP contribution < -0.4 is 17.0 Å². The number of anilines is 1. The predicted octanol–water partition coefficient (Wildman–Crippen LogP) is -0.869. The van der Waals surface area contributed by atoms with Crippen LogP contribution in [0.25, 0.3) is 0 Å². The second kappa shape index (κ2) is 5.59. The lowest BCUT2D eigenvalue weighted by atomic mass is 10.4. The molecule has 15 heavy (non-hydrogen) atoms. The Balaban J connectivity index is 2.62. The second-order valence-corrected chi connectivity index (χ2v) is 3.72. The number of hydrogen-bond donors (Lipinski definition) is 3. The number of primary amides is 1. The van der Waals surface area contributed by atoms with Crippen LogP contribution in [0.15, 0.2) is 0 Å². The van der Waals surface area contributed by atoms with Crippen LogP contribution in [0.4, 0.5) is 5.00 Å². The van der Waals surface area contributed by atoms with E-state index in [2.05, 4.69) is 15.0 Å². The summed E-state index contributed by atoms with van der Waals surface area (Å²) in [5.41, 5.74) is 8.35. The smallest absolute Gasteiger partial charge is 0.231 e. The van der Waals surface area contributed by atoms with E-state index in [1.54, 1.807) is 0 Å². The summed E-state index contributed by atoms with van der Waals surface area (Å²) in [5.74, 6) is 4.92. The maximum atomic E-state index is 10.8. The second-order valence-electron chi connectivity index (χ2n) is 2.96. The van der Waals surface area contributed by atoms with Crippen LogP contribution in [0.5, 0.6) is 0 Å². The van der Waals surface area contributed by atoms with E-state index in [1.165, 1.54) is 11.5 Å². The van der Waals surface area contributed by atoms with Gasteiger partial charge in [0.05, 0.1) is 6.54 Å². The molecule has 1 amide bonds. The van der Waals surface area contributed by atoms with Crippen LogP contribution in [0, 0.1) is 0 Å². The van der Waals surface area contributed by atoms with E-state index in [1.807, 2.05) is 11.8 Å². The first-order chi connectivity index (χ1) is 7.17.